The van der Waals surface area contributed by atoms with Crippen molar-refractivity contribution in [1.82, 2.24) is 0 Å². The molecule has 0 amide bonds. The van der Waals surface area contributed by atoms with Crippen LogP contribution in [-0.2, 0) is 92.7 Å². The van der Waals surface area contributed by atoms with Gasteiger partial charge in [-0.15, -0.1) is 0 Å². The molecule has 0 saturated carbocycles. The number of rotatable bonds is 69. The van der Waals surface area contributed by atoms with Crippen molar-refractivity contribution in [2.45, 2.75) is 307 Å². The Labute approximate surface area is 922 Å². The normalized spacial score (nSPS) is 10.9. The molecule has 0 spiro atoms. The molecule has 6 aromatic carbocycles. The van der Waals surface area contributed by atoms with Crippen molar-refractivity contribution in [3.8, 4) is 0 Å². The van der Waals surface area contributed by atoms with Crippen molar-refractivity contribution in [1.29, 1.82) is 0 Å². The van der Waals surface area contributed by atoms with Crippen LogP contribution in [0, 0.1) is 0 Å². The van der Waals surface area contributed by atoms with Gasteiger partial charge in [-0.25, -0.2) is 19.2 Å². The number of alkyl halides is 12. The van der Waals surface area contributed by atoms with Gasteiger partial charge in [-0.05, 0) is 124 Å². The van der Waals surface area contributed by atoms with Crippen LogP contribution in [0.4, 0.5) is 35.1 Å². The summed E-state index contributed by atoms with van der Waals surface area (Å²) in [5.74, 6) is -7.61. The zero-order valence-electron chi connectivity index (χ0n) is 77.3. The van der Waals surface area contributed by atoms with Crippen molar-refractivity contribution in [2.24, 2.45) is 0 Å². The molecule has 0 aliphatic heterocycles. The summed E-state index contributed by atoms with van der Waals surface area (Å²) in [7, 11) is -0.0293. The third-order valence-corrected chi connectivity index (χ3v) is 27.0. The van der Waals surface area contributed by atoms with Gasteiger partial charge in [-0.1, -0.05) is 378 Å². The predicted molar refractivity (Wildman–Crippen MR) is 509 cm³/mol. The summed E-state index contributed by atoms with van der Waals surface area (Å²) in [5.41, 5.74) is 0. The molecular weight excluding hydrogens is 2210 g/mol. The molecule has 0 saturated heterocycles. The number of benzene rings is 6. The second-order valence-electron chi connectivity index (χ2n) is 28.8. The van der Waals surface area contributed by atoms with E-state index in [9.17, 15) is 70.1 Å². The van der Waals surface area contributed by atoms with E-state index in [1.165, 1.54) is 203 Å². The van der Waals surface area contributed by atoms with E-state index in [2.05, 4.69) is 297 Å². The van der Waals surface area contributed by atoms with Crippen molar-refractivity contribution < 1.29 is 238 Å². The van der Waals surface area contributed by atoms with Crippen molar-refractivity contribution in [2.75, 3.05) is 47.7 Å². The molecule has 0 aromatic heterocycles. The number of carboxylic acids is 1. The van der Waals surface area contributed by atoms with Crippen LogP contribution in [0.2, 0.25) is 0 Å². The van der Waals surface area contributed by atoms with Crippen LogP contribution in [-0.4, -0.2) is 103 Å². The minimum absolute atomic E-state index is 0. The van der Waals surface area contributed by atoms with E-state index in [0.717, 1.165) is 85.5 Å². The largest absolute Gasteiger partial charge is 1.00 e. The Kier molecular flexibility index (Phi) is 107. The average molecular weight is 2340 g/mol. The summed E-state index contributed by atoms with van der Waals surface area (Å²) in [5, 5.41) is 52.7. The average Bonchev–Trinajstić information content (AvgIpc) is 0.822. The number of hydrogen-bond acceptors (Lipinski definition) is 24. The monoisotopic (exact) mass is 2330 g/mol. The zero-order chi connectivity index (χ0) is 96.7. The van der Waals surface area contributed by atoms with Gasteiger partial charge in [0.2, 0.25) is 0 Å². The molecule has 43 heteroatoms. The number of ether oxygens (including phenoxy) is 3. The molecule has 135 heavy (non-hydrogen) atoms. The van der Waals surface area contributed by atoms with Gasteiger partial charge in [-0.3, -0.25) is 20.2 Å². The molecule has 0 atom stereocenters. The fourth-order valence-electron chi connectivity index (χ4n) is 11.7. The molecule has 752 valence electrons. The third kappa shape index (κ3) is 81.2. The maximum Gasteiger partial charge on any atom is 1.00 e. The molecule has 0 unspecified atom stereocenters. The van der Waals surface area contributed by atoms with Crippen LogP contribution in [0.25, 0.3) is 0 Å². The Morgan fingerprint density at radius 1 is 0.267 bits per heavy atom. The van der Waals surface area contributed by atoms with E-state index in [-0.39, 0.29) is 143 Å². The number of carbonyl (C=O) groups is 4. The van der Waals surface area contributed by atoms with Crippen LogP contribution in [0.1, 0.15) is 257 Å². The molecule has 2 N–H and O–H groups in total. The first-order chi connectivity index (χ1) is 63.4. The zero-order valence-corrected chi connectivity index (χ0v) is 95.3. The van der Waals surface area contributed by atoms with Crippen LogP contribution in [0.3, 0.4) is 0 Å². The number of aliphatic carboxylic acids is 1. The number of carbonyl (C=O) groups excluding carboxylic acids is 3. The van der Waals surface area contributed by atoms with Crippen LogP contribution in [0.5, 0.6) is 0 Å². The van der Waals surface area contributed by atoms with Crippen molar-refractivity contribution in [3.63, 3.8) is 0 Å². The summed E-state index contributed by atoms with van der Waals surface area (Å²) >= 11 is 10.8. The Morgan fingerprint density at radius 2 is 0.415 bits per heavy atom. The second-order valence-corrected chi connectivity index (χ2v) is 39.3. The molecule has 0 heterocycles. The maximum atomic E-state index is 13.0. The molecule has 0 bridgehead atoms. The first-order valence-corrected chi connectivity index (χ1v) is 53.8. The fraction of sp³-hybridized carbons (Fsp3) is 0.565. The molecule has 0 aliphatic carbocycles. The van der Waals surface area contributed by atoms with Gasteiger partial charge in [0.15, 0.2) is 29.4 Å². The number of esters is 3. The number of aliphatic hydroxyl groups excluding tert-OH is 1. The van der Waals surface area contributed by atoms with Crippen LogP contribution in [0.15, 0.2) is 211 Å². The minimum Gasteiger partial charge on any atom is -1.00 e. The van der Waals surface area contributed by atoms with Gasteiger partial charge < -0.3 is 57.9 Å². The summed E-state index contributed by atoms with van der Waals surface area (Å²) < 4.78 is 128. The summed E-state index contributed by atoms with van der Waals surface area (Å²) in [4.78, 5) is 50.7. The van der Waals surface area contributed by atoms with E-state index >= 15 is 0 Å². The quantitative estimate of drug-likeness (QED) is 0.00342. The first-order valence-electron chi connectivity index (χ1n) is 43.9. The van der Waals surface area contributed by atoms with E-state index in [0.29, 0.717) is 25.9 Å². The van der Waals surface area contributed by atoms with E-state index in [1.807, 2.05) is 0 Å². The van der Waals surface area contributed by atoms with Crippen molar-refractivity contribution in [3.05, 3.63) is 182 Å². The molecule has 0 fully saturated rings. The topological polar surface area (TPSA) is 303 Å². The maximum absolute atomic E-state index is 13.0. The fourth-order valence-corrected chi connectivity index (χ4v) is 18.4. The molecule has 6 rings (SSSR count). The summed E-state index contributed by atoms with van der Waals surface area (Å²) in [6.07, 6.45) is 45.9. The number of aliphatic hydroxyl groups is 1. The Morgan fingerprint density at radius 3 is 0.563 bits per heavy atom. The molecule has 0 radical (unpaired) electrons. The van der Waals surface area contributed by atoms with Gasteiger partial charge >= 0.3 is 134 Å². The van der Waals surface area contributed by atoms with Crippen LogP contribution < -0.4 is 122 Å². The smallest absolute Gasteiger partial charge is 1.00 e. The summed E-state index contributed by atoms with van der Waals surface area (Å²) in [6.45, 7) is 0.159. The first kappa shape index (κ1) is 143. The molecule has 0 aliphatic rings. The Balaban J connectivity index is -0.000000490. The van der Waals surface area contributed by atoms with Gasteiger partial charge in [0.05, 0.1) is 41.6 Å². The van der Waals surface area contributed by atoms with Crippen LogP contribution >= 0.6 is 112 Å². The third-order valence-electron chi connectivity index (χ3n) is 18.3. The number of hydrogen-bond donors (Lipinski definition) is 2. The second kappa shape index (κ2) is 101. The van der Waals surface area contributed by atoms with Gasteiger partial charge in [0.25, 0.3) is 0 Å². The summed E-state index contributed by atoms with van der Waals surface area (Å²) in [6, 6.07) is 64.3. The van der Waals surface area contributed by atoms with E-state index in [1.54, 1.807) is 0 Å². The molecule has 21 nitrogen and oxygen atoms in total. The van der Waals surface area contributed by atoms with Gasteiger partial charge in [0.1, 0.15) is 48.2 Å². The number of unbranched alkanes of at least 4 members (excludes halogenated alkanes) is 36. The Hall–Kier alpha value is -0.570. The predicted octanol–water partition coefficient (Wildman–Crippen LogP) is 14.3. The van der Waals surface area contributed by atoms with Gasteiger partial charge in [-0.2, -0.15) is 52.5 Å². The van der Waals surface area contributed by atoms with Crippen molar-refractivity contribution >= 4 is 158 Å². The molecular formula is C92H128Br4ClF8Na3O21S6. The SMILES string of the molecule is O=C(O)C(F)(F)SOO[O-].O=C(OCCCCCCCCCCCCBr)C(F)(F)SOO[O-].O=C(OCCCCCCCCCCCCBr)C(F)(F)SOO[O-].O=C(OCCCCCCCCCCCCBr)C(F)(F)SOO[O-].OCCCCCCCCCCCCBr.[Cl-].[Na+].[Na+].[Na+].c1ccc([S+](c2ccccc2)c2ccccc2)cc1.c1ccc([S+](c2ccccc2)c2ccccc2)cc1. The number of halogens is 13. The van der Waals surface area contributed by atoms with E-state index in [4.69, 9.17) is 15.5 Å². The van der Waals surface area contributed by atoms with E-state index < -0.39 is 93.1 Å². The van der Waals surface area contributed by atoms with Gasteiger partial charge in [0, 0.05) is 27.9 Å². The standard InChI is InChI=1S/2C18H15S.3C14H25BrF2O5S.C12H25BrO.C2H2F2O5S.ClH.3Na/c2*1-4-10-16(11-5-1)19(17-12-6-2-7-13-17)18-14-8-3-9-15-18;3*15-11-9-7-5-3-1-2-4-6-8-10-12-20-13(18)14(16,17)23-22-21-19;13-11-9-7-5-3-1-2-4-6-8-10-12-14;3-2(4,1(5)6)10-9-8-7;;;;/h2*1-15H;3*19H,1-12H2;14H,1-12H2;7H,(H,5,6);1H;;;/q2*+1;;;;;;;3*+1/p-5. The molecule has 6 aromatic rings. The Bertz CT molecular complexity index is 3160. The number of carboxylic acid groups (broad SMARTS) is 1. The minimum atomic E-state index is -4.16.